The Kier molecular flexibility index (Phi) is 15.2. The van der Waals surface area contributed by atoms with Gasteiger partial charge >= 0.3 is 5.97 Å². The van der Waals surface area contributed by atoms with Crippen molar-refractivity contribution in [3.8, 4) is 0 Å². The van der Waals surface area contributed by atoms with Gasteiger partial charge in [0.1, 0.15) is 0 Å². The largest absolute Gasteiger partial charge is 0.480 e. The summed E-state index contributed by atoms with van der Waals surface area (Å²) in [4.78, 5) is 10.6. The molecular weight excluding hydrogens is 280 g/mol. The zero-order valence-corrected chi connectivity index (χ0v) is 14.4. The summed E-state index contributed by atoms with van der Waals surface area (Å²) in [5.74, 6) is -0.802. The topological polar surface area (TPSA) is 37.3 Å². The number of allylic oxidation sites excluding steroid dienone is 4. The van der Waals surface area contributed by atoms with Gasteiger partial charge in [0.2, 0.25) is 0 Å². The number of carboxylic acid groups (broad SMARTS) is 1. The Morgan fingerprint density at radius 2 is 1.52 bits per heavy atom. The molecule has 0 amide bonds. The number of thiol groups is 1. The van der Waals surface area contributed by atoms with E-state index in [1.807, 2.05) is 0 Å². The van der Waals surface area contributed by atoms with Crippen LogP contribution in [0.3, 0.4) is 0 Å². The predicted molar refractivity (Wildman–Crippen MR) is 95.2 cm³/mol. The van der Waals surface area contributed by atoms with Crippen LogP contribution in [0.5, 0.6) is 0 Å². The molecule has 0 aromatic rings. The molecule has 0 aromatic heterocycles. The Morgan fingerprint density at radius 3 is 2.10 bits per heavy atom. The SMILES string of the molecule is CCCCC/C=C\C/C=C\CCCCCCC(S)C(=O)O. The summed E-state index contributed by atoms with van der Waals surface area (Å²) in [6.45, 7) is 2.23. The zero-order chi connectivity index (χ0) is 15.8. The molecule has 2 nitrogen and oxygen atoms in total. The van der Waals surface area contributed by atoms with E-state index in [1.54, 1.807) is 0 Å². The van der Waals surface area contributed by atoms with Crippen molar-refractivity contribution in [1.29, 1.82) is 0 Å². The first kappa shape index (κ1) is 20.3. The first-order chi connectivity index (χ1) is 10.2. The molecule has 3 heteroatoms. The summed E-state index contributed by atoms with van der Waals surface area (Å²) in [5, 5.41) is 8.20. The van der Waals surface area contributed by atoms with Crippen LogP contribution in [0, 0.1) is 0 Å². The molecule has 0 spiro atoms. The molecule has 0 aliphatic carbocycles. The summed E-state index contributed by atoms with van der Waals surface area (Å²) in [6, 6.07) is 0. The van der Waals surface area contributed by atoms with Crippen LogP contribution in [0.1, 0.15) is 77.6 Å². The molecule has 1 unspecified atom stereocenters. The van der Waals surface area contributed by atoms with E-state index in [-0.39, 0.29) is 0 Å². The Labute approximate surface area is 136 Å². The average molecular weight is 313 g/mol. The van der Waals surface area contributed by atoms with Crippen molar-refractivity contribution in [2.45, 2.75) is 82.8 Å². The van der Waals surface area contributed by atoms with Gasteiger partial charge in [-0.3, -0.25) is 4.79 Å². The van der Waals surface area contributed by atoms with Gasteiger partial charge in [-0.1, -0.05) is 63.3 Å². The maximum absolute atomic E-state index is 10.6. The van der Waals surface area contributed by atoms with Gasteiger partial charge < -0.3 is 5.11 Å². The third-order valence-electron chi connectivity index (χ3n) is 3.46. The lowest BCUT2D eigenvalue weighted by Crippen LogP contribution is -2.12. The van der Waals surface area contributed by atoms with Crippen LogP contribution in [0.4, 0.5) is 0 Å². The number of rotatable bonds is 14. The van der Waals surface area contributed by atoms with E-state index in [1.165, 1.54) is 38.5 Å². The highest BCUT2D eigenvalue weighted by Crippen LogP contribution is 2.11. The average Bonchev–Trinajstić information content (AvgIpc) is 2.47. The molecule has 21 heavy (non-hydrogen) atoms. The van der Waals surface area contributed by atoms with Crippen LogP contribution in [0.25, 0.3) is 0 Å². The van der Waals surface area contributed by atoms with Crippen LogP contribution in [-0.4, -0.2) is 16.3 Å². The molecule has 0 fully saturated rings. The van der Waals surface area contributed by atoms with Crippen LogP contribution >= 0.6 is 12.6 Å². The van der Waals surface area contributed by atoms with Gasteiger partial charge in [-0.25, -0.2) is 0 Å². The lowest BCUT2D eigenvalue weighted by atomic mass is 10.1. The summed E-state index contributed by atoms with van der Waals surface area (Å²) in [7, 11) is 0. The van der Waals surface area contributed by atoms with Crippen LogP contribution < -0.4 is 0 Å². The van der Waals surface area contributed by atoms with Crippen LogP contribution in [0.15, 0.2) is 24.3 Å². The Bertz CT molecular complexity index is 298. The van der Waals surface area contributed by atoms with E-state index < -0.39 is 11.2 Å². The molecule has 0 saturated heterocycles. The molecule has 0 saturated carbocycles. The van der Waals surface area contributed by atoms with E-state index in [0.29, 0.717) is 6.42 Å². The predicted octanol–water partition coefficient (Wildman–Crippen LogP) is 5.79. The first-order valence-corrected chi connectivity index (χ1v) is 8.91. The molecule has 0 aliphatic heterocycles. The van der Waals surface area contributed by atoms with Gasteiger partial charge in [0.25, 0.3) is 0 Å². The van der Waals surface area contributed by atoms with Crippen LogP contribution in [0.2, 0.25) is 0 Å². The van der Waals surface area contributed by atoms with Crippen molar-refractivity contribution >= 4 is 18.6 Å². The number of aliphatic carboxylic acids is 1. The minimum Gasteiger partial charge on any atom is -0.480 e. The van der Waals surface area contributed by atoms with Crippen molar-refractivity contribution in [2.75, 3.05) is 0 Å². The highest BCUT2D eigenvalue weighted by Gasteiger charge is 2.10. The molecule has 0 rings (SSSR count). The first-order valence-electron chi connectivity index (χ1n) is 8.39. The summed E-state index contributed by atoms with van der Waals surface area (Å²) < 4.78 is 0. The molecular formula is C18H32O2S. The fourth-order valence-corrected chi connectivity index (χ4v) is 2.28. The quantitative estimate of drug-likeness (QED) is 0.242. The van der Waals surface area contributed by atoms with E-state index in [9.17, 15) is 4.79 Å². The second-order valence-corrected chi connectivity index (χ2v) is 6.14. The van der Waals surface area contributed by atoms with Crippen molar-refractivity contribution in [3.05, 3.63) is 24.3 Å². The Morgan fingerprint density at radius 1 is 0.952 bits per heavy atom. The lowest BCUT2D eigenvalue weighted by molar-refractivity contribution is -0.136. The zero-order valence-electron chi connectivity index (χ0n) is 13.5. The van der Waals surface area contributed by atoms with Crippen molar-refractivity contribution in [2.24, 2.45) is 0 Å². The number of hydrogen-bond donors (Lipinski definition) is 2. The van der Waals surface area contributed by atoms with E-state index in [2.05, 4.69) is 43.9 Å². The Hall–Kier alpha value is -0.700. The van der Waals surface area contributed by atoms with E-state index >= 15 is 0 Å². The third-order valence-corrected chi connectivity index (χ3v) is 3.94. The number of hydrogen-bond acceptors (Lipinski definition) is 2. The smallest absolute Gasteiger partial charge is 0.316 e. The Balaban J connectivity index is 3.27. The molecule has 122 valence electrons. The molecule has 0 aliphatic rings. The highest BCUT2D eigenvalue weighted by molar-refractivity contribution is 7.81. The molecule has 0 aromatic carbocycles. The van der Waals surface area contributed by atoms with Gasteiger partial charge in [-0.05, 0) is 38.5 Å². The molecule has 1 atom stereocenters. The molecule has 0 radical (unpaired) electrons. The fraction of sp³-hybridized carbons (Fsp3) is 0.722. The maximum Gasteiger partial charge on any atom is 0.316 e. The van der Waals surface area contributed by atoms with Gasteiger partial charge in [-0.2, -0.15) is 12.6 Å². The maximum atomic E-state index is 10.6. The van der Waals surface area contributed by atoms with Crippen molar-refractivity contribution < 1.29 is 9.90 Å². The monoisotopic (exact) mass is 312 g/mol. The second-order valence-electron chi connectivity index (χ2n) is 5.52. The standard InChI is InChI=1S/C18H32O2S/c1-2-3-4-5-6-7-8-9-10-11-12-13-14-15-16-17(21)18(19)20/h6-7,9-10,17,21H,2-5,8,11-16H2,1H3,(H,19,20)/b7-6-,10-9-. The number of carbonyl (C=O) groups is 1. The molecule has 0 bridgehead atoms. The van der Waals surface area contributed by atoms with Crippen LogP contribution in [-0.2, 0) is 4.79 Å². The van der Waals surface area contributed by atoms with E-state index in [0.717, 1.165) is 25.7 Å². The van der Waals surface area contributed by atoms with Gasteiger partial charge in [0.05, 0.1) is 5.25 Å². The highest BCUT2D eigenvalue weighted by atomic mass is 32.1. The van der Waals surface area contributed by atoms with Gasteiger partial charge in [0.15, 0.2) is 0 Å². The van der Waals surface area contributed by atoms with Gasteiger partial charge in [0, 0.05) is 0 Å². The summed E-state index contributed by atoms with van der Waals surface area (Å²) in [6.07, 6.45) is 21.5. The number of unbranched alkanes of at least 4 members (excludes halogenated alkanes) is 7. The normalized spacial score (nSPS) is 13.2. The molecule has 1 N–H and O–H groups in total. The fourth-order valence-electron chi connectivity index (χ4n) is 2.10. The lowest BCUT2D eigenvalue weighted by Gasteiger charge is -2.04. The van der Waals surface area contributed by atoms with Gasteiger partial charge in [-0.15, -0.1) is 0 Å². The van der Waals surface area contributed by atoms with E-state index in [4.69, 9.17) is 5.11 Å². The third kappa shape index (κ3) is 15.5. The van der Waals surface area contributed by atoms with Crippen molar-refractivity contribution in [1.82, 2.24) is 0 Å². The molecule has 0 heterocycles. The number of carboxylic acids is 1. The minimum absolute atomic E-state index is 0.492. The summed E-state index contributed by atoms with van der Waals surface area (Å²) >= 11 is 4.03. The second kappa shape index (κ2) is 15.7. The minimum atomic E-state index is -0.802. The van der Waals surface area contributed by atoms with Crippen molar-refractivity contribution in [3.63, 3.8) is 0 Å². The summed E-state index contributed by atoms with van der Waals surface area (Å²) in [5.41, 5.74) is 0.